The molecule has 2 aliphatic heterocycles. The Labute approximate surface area is 152 Å². The number of hydrogen-bond acceptors (Lipinski definition) is 5. The van der Waals surface area contributed by atoms with Gasteiger partial charge >= 0.3 is 0 Å². The van der Waals surface area contributed by atoms with E-state index in [1.54, 1.807) is 4.90 Å². The minimum atomic E-state index is -0.616. The summed E-state index contributed by atoms with van der Waals surface area (Å²) in [5.74, 6) is -0.263. The number of amides is 2. The monoisotopic (exact) mass is 360 g/mol. The van der Waals surface area contributed by atoms with Crippen LogP contribution in [0.5, 0.6) is 0 Å². The van der Waals surface area contributed by atoms with E-state index in [0.29, 0.717) is 45.6 Å². The van der Waals surface area contributed by atoms with Crippen molar-refractivity contribution >= 4 is 11.8 Å². The number of benzene rings is 1. The highest BCUT2D eigenvalue weighted by molar-refractivity contribution is 5.85. The van der Waals surface area contributed by atoms with Crippen LogP contribution in [-0.4, -0.2) is 60.3 Å². The van der Waals surface area contributed by atoms with Gasteiger partial charge in [0.1, 0.15) is 12.2 Å². The molecular formula is C19H24N2O5. The number of nitrogens with one attached hydrogen (secondary N) is 1. The molecule has 0 bridgehead atoms. The van der Waals surface area contributed by atoms with Gasteiger partial charge in [0.15, 0.2) is 0 Å². The van der Waals surface area contributed by atoms with Crippen LogP contribution in [0.15, 0.2) is 24.3 Å². The predicted octanol–water partition coefficient (Wildman–Crippen LogP) is 0.687. The van der Waals surface area contributed by atoms with Crippen LogP contribution in [0.3, 0.4) is 0 Å². The summed E-state index contributed by atoms with van der Waals surface area (Å²) in [6.07, 6.45) is -0.174. The third kappa shape index (κ3) is 3.34. The first-order chi connectivity index (χ1) is 12.6. The Morgan fingerprint density at radius 2 is 1.77 bits per heavy atom. The summed E-state index contributed by atoms with van der Waals surface area (Å²) < 4.78 is 11.0. The van der Waals surface area contributed by atoms with Gasteiger partial charge < -0.3 is 24.8 Å². The Morgan fingerprint density at radius 3 is 2.54 bits per heavy atom. The van der Waals surface area contributed by atoms with Gasteiger partial charge in [-0.25, -0.2) is 0 Å². The van der Waals surface area contributed by atoms with Crippen LogP contribution in [0, 0.1) is 0 Å². The molecule has 2 heterocycles. The third-order valence-electron chi connectivity index (χ3n) is 5.42. The van der Waals surface area contributed by atoms with Crippen LogP contribution >= 0.6 is 0 Å². The zero-order valence-corrected chi connectivity index (χ0v) is 14.6. The lowest BCUT2D eigenvalue weighted by atomic mass is 10.1. The van der Waals surface area contributed by atoms with E-state index in [-0.39, 0.29) is 17.9 Å². The van der Waals surface area contributed by atoms with Crippen molar-refractivity contribution in [1.29, 1.82) is 0 Å². The summed E-state index contributed by atoms with van der Waals surface area (Å²) in [6, 6.07) is 7.38. The molecule has 1 aliphatic carbocycles. The summed E-state index contributed by atoms with van der Waals surface area (Å²) in [7, 11) is 0. The molecule has 7 nitrogen and oxygen atoms in total. The van der Waals surface area contributed by atoms with E-state index in [1.807, 2.05) is 24.3 Å². The maximum Gasteiger partial charge on any atom is 0.251 e. The lowest BCUT2D eigenvalue weighted by molar-refractivity contribution is -0.149. The Kier molecular flexibility index (Phi) is 4.93. The quantitative estimate of drug-likeness (QED) is 0.828. The molecule has 2 saturated heterocycles. The molecular weight excluding hydrogens is 336 g/mol. The fourth-order valence-corrected chi connectivity index (χ4v) is 4.01. The first-order valence-electron chi connectivity index (χ1n) is 9.22. The molecule has 2 N–H and O–H groups in total. The number of nitrogens with zero attached hydrogens (tertiary/aromatic N) is 1. The third-order valence-corrected chi connectivity index (χ3v) is 5.42. The van der Waals surface area contributed by atoms with Crippen LogP contribution in [0.2, 0.25) is 0 Å². The van der Waals surface area contributed by atoms with E-state index in [2.05, 4.69) is 5.32 Å². The predicted molar refractivity (Wildman–Crippen MR) is 92.2 cm³/mol. The van der Waals surface area contributed by atoms with Gasteiger partial charge in [-0.2, -0.15) is 0 Å². The van der Waals surface area contributed by atoms with Crippen molar-refractivity contribution in [2.24, 2.45) is 0 Å². The number of aliphatic hydroxyl groups is 1. The van der Waals surface area contributed by atoms with E-state index < -0.39 is 18.3 Å². The average molecular weight is 360 g/mol. The van der Waals surface area contributed by atoms with Crippen molar-refractivity contribution in [2.75, 3.05) is 26.3 Å². The summed E-state index contributed by atoms with van der Waals surface area (Å²) in [5, 5.41) is 13.1. The standard InChI is InChI=1S/C19H24N2O5/c22-15-11-14(12-3-1-2-4-13(12)15)20-18(23)16-5-6-17(26-16)19(24)21-7-9-25-10-8-21/h1-4,14-17,22H,5-11H2,(H,20,23)/t14?,15?,16-,17+/m0/s1. The van der Waals surface area contributed by atoms with Crippen molar-refractivity contribution in [3.63, 3.8) is 0 Å². The summed E-state index contributed by atoms with van der Waals surface area (Å²) in [6.45, 7) is 2.25. The molecule has 3 aliphatic rings. The normalized spacial score (nSPS) is 30.9. The molecule has 1 aromatic rings. The zero-order valence-electron chi connectivity index (χ0n) is 14.6. The lowest BCUT2D eigenvalue weighted by Gasteiger charge is -2.29. The van der Waals surface area contributed by atoms with Crippen LogP contribution in [-0.2, 0) is 19.1 Å². The number of carbonyl (C=O) groups excluding carboxylic acids is 2. The number of fused-ring (bicyclic) bond motifs is 1. The maximum absolute atomic E-state index is 12.6. The highest BCUT2D eigenvalue weighted by Crippen LogP contribution is 2.38. The number of aliphatic hydroxyl groups excluding tert-OH is 1. The Bertz CT molecular complexity index is 688. The number of carbonyl (C=O) groups is 2. The second-order valence-corrected chi connectivity index (χ2v) is 7.07. The second kappa shape index (κ2) is 7.34. The van der Waals surface area contributed by atoms with Crippen molar-refractivity contribution in [2.45, 2.75) is 43.6 Å². The topological polar surface area (TPSA) is 88.1 Å². The largest absolute Gasteiger partial charge is 0.388 e. The van der Waals surface area contributed by atoms with Crippen LogP contribution < -0.4 is 5.32 Å². The fourth-order valence-electron chi connectivity index (χ4n) is 4.01. The highest BCUT2D eigenvalue weighted by Gasteiger charge is 2.39. The molecule has 26 heavy (non-hydrogen) atoms. The molecule has 0 radical (unpaired) electrons. The Balaban J connectivity index is 1.34. The number of hydrogen-bond donors (Lipinski definition) is 2. The Morgan fingerprint density at radius 1 is 1.08 bits per heavy atom. The van der Waals surface area contributed by atoms with Crippen molar-refractivity contribution < 1.29 is 24.2 Å². The van der Waals surface area contributed by atoms with Gasteiger partial charge in [-0.15, -0.1) is 0 Å². The number of rotatable bonds is 3. The first kappa shape index (κ1) is 17.5. The van der Waals surface area contributed by atoms with Crippen LogP contribution in [0.25, 0.3) is 0 Å². The van der Waals surface area contributed by atoms with Gasteiger partial charge in [0.2, 0.25) is 5.91 Å². The summed E-state index contributed by atoms with van der Waals surface area (Å²) in [5.41, 5.74) is 1.82. The minimum absolute atomic E-state index is 0.0507. The van der Waals surface area contributed by atoms with Crippen molar-refractivity contribution in [3.8, 4) is 0 Å². The summed E-state index contributed by atoms with van der Waals surface area (Å²) in [4.78, 5) is 26.8. The first-order valence-corrected chi connectivity index (χ1v) is 9.22. The SMILES string of the molecule is O=C(NC1CC(O)c2ccccc21)[C@@H]1CC[C@H](C(=O)N2CCOCC2)O1. The van der Waals surface area contributed by atoms with Gasteiger partial charge in [0.05, 0.1) is 25.4 Å². The number of ether oxygens (including phenoxy) is 2. The van der Waals surface area contributed by atoms with Crippen molar-refractivity contribution in [1.82, 2.24) is 10.2 Å². The molecule has 0 spiro atoms. The molecule has 1 aromatic carbocycles. The lowest BCUT2D eigenvalue weighted by Crippen LogP contribution is -2.46. The molecule has 0 aromatic heterocycles. The van der Waals surface area contributed by atoms with Gasteiger partial charge in [-0.1, -0.05) is 24.3 Å². The van der Waals surface area contributed by atoms with Crippen molar-refractivity contribution in [3.05, 3.63) is 35.4 Å². The zero-order chi connectivity index (χ0) is 18.1. The molecule has 2 amide bonds. The van der Waals surface area contributed by atoms with E-state index in [1.165, 1.54) is 0 Å². The highest BCUT2D eigenvalue weighted by atomic mass is 16.5. The smallest absolute Gasteiger partial charge is 0.251 e. The van der Waals surface area contributed by atoms with Crippen LogP contribution in [0.1, 0.15) is 42.5 Å². The van der Waals surface area contributed by atoms with Gasteiger partial charge in [-0.05, 0) is 24.0 Å². The molecule has 0 saturated carbocycles. The van der Waals surface area contributed by atoms with E-state index in [4.69, 9.17) is 9.47 Å². The molecule has 2 unspecified atom stereocenters. The Hall–Kier alpha value is -1.96. The van der Waals surface area contributed by atoms with E-state index in [0.717, 1.165) is 11.1 Å². The van der Waals surface area contributed by atoms with Gasteiger partial charge in [-0.3, -0.25) is 9.59 Å². The second-order valence-electron chi connectivity index (χ2n) is 7.07. The fraction of sp³-hybridized carbons (Fsp3) is 0.579. The van der Waals surface area contributed by atoms with Crippen LogP contribution in [0.4, 0.5) is 0 Å². The molecule has 7 heteroatoms. The molecule has 4 atom stereocenters. The maximum atomic E-state index is 12.6. The molecule has 4 rings (SSSR count). The van der Waals surface area contributed by atoms with E-state index in [9.17, 15) is 14.7 Å². The van der Waals surface area contributed by atoms with Gasteiger partial charge in [0, 0.05) is 19.5 Å². The molecule has 140 valence electrons. The number of morpholine rings is 1. The summed E-state index contributed by atoms with van der Waals surface area (Å²) >= 11 is 0. The van der Waals surface area contributed by atoms with E-state index >= 15 is 0 Å². The molecule has 2 fully saturated rings. The minimum Gasteiger partial charge on any atom is -0.388 e. The average Bonchev–Trinajstić information content (AvgIpc) is 3.28. The van der Waals surface area contributed by atoms with Gasteiger partial charge in [0.25, 0.3) is 5.91 Å².